The molecule has 0 fully saturated rings. The first-order chi connectivity index (χ1) is 19.6. The lowest BCUT2D eigenvalue weighted by molar-refractivity contribution is 0.0697. The number of benzene rings is 3. The van der Waals surface area contributed by atoms with E-state index in [-0.39, 0.29) is 17.5 Å². The highest BCUT2D eigenvalue weighted by Crippen LogP contribution is 2.29. The topological polar surface area (TPSA) is 84.2 Å². The van der Waals surface area contributed by atoms with E-state index in [1.165, 1.54) is 5.56 Å². The van der Waals surface area contributed by atoms with Crippen molar-refractivity contribution in [3.63, 3.8) is 0 Å². The number of rotatable bonds is 8. The average molecular weight is 546 g/mol. The first kappa shape index (κ1) is 27.8. The summed E-state index contributed by atoms with van der Waals surface area (Å²) in [4.78, 5) is 29.4. The van der Waals surface area contributed by atoms with Crippen LogP contribution in [0.5, 0.6) is 0 Å². The van der Waals surface area contributed by atoms with Gasteiger partial charge in [0.15, 0.2) is 0 Å². The van der Waals surface area contributed by atoms with Gasteiger partial charge in [0.05, 0.1) is 17.3 Å². The molecular weight excluding hydrogens is 510 g/mol. The van der Waals surface area contributed by atoms with Crippen LogP contribution in [0.2, 0.25) is 0 Å². The van der Waals surface area contributed by atoms with Gasteiger partial charge in [0, 0.05) is 34.9 Å². The summed E-state index contributed by atoms with van der Waals surface area (Å²) in [6.45, 7) is 11.1. The van der Waals surface area contributed by atoms with Gasteiger partial charge in [-0.05, 0) is 84.8 Å². The highest BCUT2D eigenvalue weighted by atomic mass is 16.4. The van der Waals surface area contributed by atoms with Crippen LogP contribution in [-0.2, 0) is 6.54 Å². The Balaban J connectivity index is 1.36. The Kier molecular flexibility index (Phi) is 7.75. The summed E-state index contributed by atoms with van der Waals surface area (Å²) in [6.07, 6.45) is 1.88. The quantitative estimate of drug-likeness (QED) is 0.209. The van der Waals surface area contributed by atoms with Crippen molar-refractivity contribution < 1.29 is 14.7 Å². The van der Waals surface area contributed by atoms with Crippen LogP contribution >= 0.6 is 0 Å². The molecule has 1 unspecified atom stereocenters. The largest absolute Gasteiger partial charge is 0.478 e. The van der Waals surface area contributed by atoms with Crippen LogP contribution in [-0.4, -0.2) is 26.5 Å². The lowest BCUT2D eigenvalue weighted by Gasteiger charge is -2.15. The van der Waals surface area contributed by atoms with Crippen molar-refractivity contribution in [2.45, 2.75) is 53.1 Å². The standard InChI is InChI=1S/C35H35N3O3/c1-21(2)28-14-16-32(36-19-28)23(4)37-34(39)27-15-17-33-31(18-27)22(3)24(5)38(33)20-25-10-12-26(13-11-25)29-8-6-7-9-30(29)35(40)41/h6-19,21,23H,20H2,1-5H3,(H,37,39)(H,40,41). The van der Waals surface area contributed by atoms with Gasteiger partial charge >= 0.3 is 5.97 Å². The minimum atomic E-state index is -0.936. The van der Waals surface area contributed by atoms with Crippen molar-refractivity contribution in [1.82, 2.24) is 14.9 Å². The first-order valence-electron chi connectivity index (χ1n) is 13.9. The zero-order valence-corrected chi connectivity index (χ0v) is 24.1. The van der Waals surface area contributed by atoms with Gasteiger partial charge in [0.1, 0.15) is 0 Å². The monoisotopic (exact) mass is 545 g/mol. The maximum absolute atomic E-state index is 13.2. The van der Waals surface area contributed by atoms with Crippen LogP contribution in [0.4, 0.5) is 0 Å². The number of carboxylic acid groups (broad SMARTS) is 1. The number of carboxylic acids is 1. The van der Waals surface area contributed by atoms with Gasteiger partial charge in [-0.1, -0.05) is 62.4 Å². The van der Waals surface area contributed by atoms with Crippen molar-refractivity contribution in [2.75, 3.05) is 0 Å². The average Bonchev–Trinajstić information content (AvgIpc) is 3.21. The number of aryl methyl sites for hydroxylation is 1. The Morgan fingerprint density at radius 3 is 2.32 bits per heavy atom. The number of pyridine rings is 1. The third-order valence-electron chi connectivity index (χ3n) is 7.93. The molecule has 0 bridgehead atoms. The van der Waals surface area contributed by atoms with Crippen molar-refractivity contribution >= 4 is 22.8 Å². The summed E-state index contributed by atoms with van der Waals surface area (Å²) >= 11 is 0. The smallest absolute Gasteiger partial charge is 0.336 e. The number of hydrogen-bond donors (Lipinski definition) is 2. The molecule has 2 N–H and O–H groups in total. The Bertz CT molecular complexity index is 1730. The number of aromatic nitrogens is 2. The second kappa shape index (κ2) is 11.4. The van der Waals surface area contributed by atoms with E-state index >= 15 is 0 Å². The number of amides is 1. The van der Waals surface area contributed by atoms with Crippen molar-refractivity contribution in [2.24, 2.45) is 0 Å². The number of hydrogen-bond acceptors (Lipinski definition) is 3. The molecule has 1 amide bonds. The molecule has 5 aromatic rings. The number of nitrogens with one attached hydrogen (secondary N) is 1. The third kappa shape index (κ3) is 5.64. The summed E-state index contributed by atoms with van der Waals surface area (Å²) in [6, 6.07) is 24.8. The van der Waals surface area contributed by atoms with Crippen LogP contribution in [0, 0.1) is 13.8 Å². The van der Waals surface area contributed by atoms with Crippen molar-refractivity contribution in [3.8, 4) is 11.1 Å². The molecule has 0 saturated heterocycles. The number of nitrogens with zero attached hydrogens (tertiary/aromatic N) is 2. The van der Waals surface area contributed by atoms with Crippen molar-refractivity contribution in [1.29, 1.82) is 0 Å². The van der Waals surface area contributed by atoms with E-state index in [9.17, 15) is 14.7 Å². The maximum atomic E-state index is 13.2. The summed E-state index contributed by atoms with van der Waals surface area (Å²) in [5.74, 6) is -0.655. The molecule has 0 aliphatic rings. The van der Waals surface area contributed by atoms with E-state index in [0.717, 1.165) is 39.0 Å². The summed E-state index contributed by atoms with van der Waals surface area (Å²) < 4.78 is 2.26. The molecule has 1 atom stereocenters. The fourth-order valence-corrected chi connectivity index (χ4v) is 5.26. The van der Waals surface area contributed by atoms with Gasteiger partial charge in [-0.2, -0.15) is 0 Å². The Hall–Kier alpha value is -4.71. The van der Waals surface area contributed by atoms with Gasteiger partial charge in [-0.25, -0.2) is 4.79 Å². The Morgan fingerprint density at radius 2 is 1.66 bits per heavy atom. The molecule has 41 heavy (non-hydrogen) atoms. The predicted molar refractivity (Wildman–Crippen MR) is 164 cm³/mol. The number of carbonyl (C=O) groups is 2. The van der Waals surface area contributed by atoms with Crippen LogP contribution in [0.25, 0.3) is 22.0 Å². The predicted octanol–water partition coefficient (Wildman–Crippen LogP) is 7.68. The maximum Gasteiger partial charge on any atom is 0.336 e. The lowest BCUT2D eigenvalue weighted by Crippen LogP contribution is -2.27. The summed E-state index contributed by atoms with van der Waals surface area (Å²) in [5, 5.41) is 13.7. The van der Waals surface area contributed by atoms with E-state index in [1.807, 2.05) is 73.8 Å². The van der Waals surface area contributed by atoms with Gasteiger partial charge in [0.2, 0.25) is 0 Å². The zero-order valence-electron chi connectivity index (χ0n) is 24.1. The second-order valence-electron chi connectivity index (χ2n) is 10.9. The molecule has 0 aliphatic carbocycles. The van der Waals surface area contributed by atoms with E-state index in [0.29, 0.717) is 23.6 Å². The van der Waals surface area contributed by atoms with Gasteiger partial charge in [0.25, 0.3) is 5.91 Å². The molecule has 208 valence electrons. The molecular formula is C35H35N3O3. The highest BCUT2D eigenvalue weighted by Gasteiger charge is 2.17. The molecule has 5 rings (SSSR count). The lowest BCUT2D eigenvalue weighted by atomic mass is 9.99. The molecule has 6 nitrogen and oxygen atoms in total. The number of fused-ring (bicyclic) bond motifs is 1. The molecule has 0 aliphatic heterocycles. The molecule has 2 aromatic heterocycles. The van der Waals surface area contributed by atoms with Crippen LogP contribution in [0.3, 0.4) is 0 Å². The minimum Gasteiger partial charge on any atom is -0.478 e. The van der Waals surface area contributed by atoms with Gasteiger partial charge in [-0.15, -0.1) is 0 Å². The molecule has 2 heterocycles. The second-order valence-corrected chi connectivity index (χ2v) is 10.9. The summed E-state index contributed by atoms with van der Waals surface area (Å²) in [5.41, 5.74) is 8.93. The molecule has 6 heteroatoms. The van der Waals surface area contributed by atoms with E-state index < -0.39 is 5.97 Å². The zero-order chi connectivity index (χ0) is 29.3. The summed E-state index contributed by atoms with van der Waals surface area (Å²) in [7, 11) is 0. The Morgan fingerprint density at radius 1 is 0.927 bits per heavy atom. The van der Waals surface area contributed by atoms with Crippen molar-refractivity contribution in [3.05, 3.63) is 124 Å². The van der Waals surface area contributed by atoms with Crippen LogP contribution in [0.15, 0.2) is 85.1 Å². The molecule has 0 saturated carbocycles. The molecule has 3 aromatic carbocycles. The van der Waals surface area contributed by atoms with E-state index in [4.69, 9.17) is 0 Å². The van der Waals surface area contributed by atoms with Gasteiger partial charge in [-0.3, -0.25) is 9.78 Å². The number of aromatic carboxylic acids is 1. The van der Waals surface area contributed by atoms with E-state index in [1.54, 1.807) is 12.1 Å². The SMILES string of the molecule is Cc1c(C)n(Cc2ccc(-c3ccccc3C(=O)O)cc2)c2ccc(C(=O)NC(C)c3ccc(C(C)C)cn3)cc12. The fourth-order valence-electron chi connectivity index (χ4n) is 5.26. The highest BCUT2D eigenvalue weighted by molar-refractivity contribution is 5.99. The minimum absolute atomic E-state index is 0.129. The Labute approximate surface area is 240 Å². The molecule has 0 radical (unpaired) electrons. The van der Waals surface area contributed by atoms with E-state index in [2.05, 4.69) is 48.6 Å². The third-order valence-corrected chi connectivity index (χ3v) is 7.93. The van der Waals surface area contributed by atoms with Gasteiger partial charge < -0.3 is 15.0 Å². The molecule has 0 spiro atoms. The first-order valence-corrected chi connectivity index (χ1v) is 13.9. The van der Waals surface area contributed by atoms with Crippen LogP contribution < -0.4 is 5.32 Å². The van der Waals surface area contributed by atoms with Crippen LogP contribution in [0.1, 0.15) is 81.5 Å². The number of carbonyl (C=O) groups excluding carboxylic acids is 1. The fraction of sp³-hybridized carbons (Fsp3) is 0.229. The normalized spacial score (nSPS) is 12.0.